The van der Waals surface area contributed by atoms with Crippen LogP contribution in [0.5, 0.6) is 0 Å². The number of nitrogens with zero attached hydrogens (tertiary/aromatic N) is 5. The van der Waals surface area contributed by atoms with E-state index in [1.54, 1.807) is 19.3 Å². The molecule has 3 rings (SSSR count). The van der Waals surface area contributed by atoms with Gasteiger partial charge in [-0.3, -0.25) is 14.3 Å². The average Bonchev–Trinajstić information content (AvgIpc) is 3.29. The summed E-state index contributed by atoms with van der Waals surface area (Å²) in [5.41, 5.74) is 11.5. The molecule has 0 saturated carbocycles. The van der Waals surface area contributed by atoms with Gasteiger partial charge in [0.15, 0.2) is 11.3 Å². The highest BCUT2D eigenvalue weighted by atomic mass is 19.4. The fourth-order valence-corrected chi connectivity index (χ4v) is 2.28. The van der Waals surface area contributed by atoms with Crippen molar-refractivity contribution in [3.05, 3.63) is 35.9 Å². The fourth-order valence-electron chi connectivity index (χ4n) is 2.28. The zero-order chi connectivity index (χ0) is 24.1. The Morgan fingerprint density at radius 2 is 1.94 bits per heavy atom. The number of aryl methyl sites for hydroxylation is 1. The first-order valence-corrected chi connectivity index (χ1v) is 8.67. The van der Waals surface area contributed by atoms with Gasteiger partial charge in [-0.1, -0.05) is 0 Å². The number of carbonyl (C=O) groups excluding carboxylic acids is 2. The van der Waals surface area contributed by atoms with Gasteiger partial charge in [0.1, 0.15) is 11.4 Å². The molecule has 3 aromatic rings. The molecule has 0 bridgehead atoms. The number of aromatic nitrogens is 5. The molecule has 2 amide bonds. The van der Waals surface area contributed by atoms with Crippen molar-refractivity contribution in [1.82, 2.24) is 24.4 Å². The monoisotopic (exact) mass is 457 g/mol. The standard InChI is InChI=1S/C14H17N9O2.C2HF3O2/c1-22-7-9(11(21-22)12(16)24)19-14(25)8-6-18-23-5-2-10(17-4-3-15)20-13(8)23;3-2(4,5)1(6)7/h2,5-7H,3-4,15H2,1H3,(H2,16,24)(H,17,20)(H,19,25);(H,6,7). The Hall–Kier alpha value is -4.21. The smallest absolute Gasteiger partial charge is 0.475 e. The molecule has 0 aromatic carbocycles. The summed E-state index contributed by atoms with van der Waals surface area (Å²) >= 11 is 0. The molecule has 0 fully saturated rings. The van der Waals surface area contributed by atoms with Crippen molar-refractivity contribution in [3.8, 4) is 0 Å². The van der Waals surface area contributed by atoms with Crippen molar-refractivity contribution in [2.24, 2.45) is 18.5 Å². The molecule has 0 aliphatic rings. The van der Waals surface area contributed by atoms with Crippen molar-refractivity contribution in [3.63, 3.8) is 0 Å². The number of alkyl halides is 3. The number of rotatable bonds is 6. The molecule has 0 unspecified atom stereocenters. The Morgan fingerprint density at radius 3 is 2.50 bits per heavy atom. The molecule has 0 aliphatic heterocycles. The summed E-state index contributed by atoms with van der Waals surface area (Å²) in [6, 6.07) is 1.73. The lowest BCUT2D eigenvalue weighted by atomic mass is 10.3. The molecule has 0 saturated heterocycles. The molecule has 16 heteroatoms. The summed E-state index contributed by atoms with van der Waals surface area (Å²) in [4.78, 5) is 37.2. The minimum atomic E-state index is -5.08. The number of nitrogens with one attached hydrogen (secondary N) is 2. The minimum Gasteiger partial charge on any atom is -0.475 e. The van der Waals surface area contributed by atoms with Crippen LogP contribution in [0, 0.1) is 0 Å². The Morgan fingerprint density at radius 1 is 1.28 bits per heavy atom. The van der Waals surface area contributed by atoms with E-state index in [0.717, 1.165) is 0 Å². The van der Waals surface area contributed by atoms with Gasteiger partial charge in [0, 0.05) is 32.5 Å². The van der Waals surface area contributed by atoms with Gasteiger partial charge in [-0.2, -0.15) is 23.4 Å². The van der Waals surface area contributed by atoms with Crippen LogP contribution in [-0.4, -0.2) is 66.5 Å². The maximum atomic E-state index is 12.6. The van der Waals surface area contributed by atoms with Crippen LogP contribution in [0.25, 0.3) is 5.65 Å². The number of carboxylic acids is 1. The number of amides is 2. The molecular weight excluding hydrogens is 439 g/mol. The van der Waals surface area contributed by atoms with E-state index in [9.17, 15) is 22.8 Å². The van der Waals surface area contributed by atoms with Crippen molar-refractivity contribution in [2.45, 2.75) is 6.18 Å². The van der Waals surface area contributed by atoms with Gasteiger partial charge < -0.3 is 27.2 Å². The summed E-state index contributed by atoms with van der Waals surface area (Å²) in [7, 11) is 1.62. The predicted molar refractivity (Wildman–Crippen MR) is 104 cm³/mol. The van der Waals surface area contributed by atoms with Gasteiger partial charge in [-0.15, -0.1) is 0 Å². The number of nitrogens with two attached hydrogens (primary N) is 2. The summed E-state index contributed by atoms with van der Waals surface area (Å²) in [5, 5.41) is 20.8. The first-order valence-electron chi connectivity index (χ1n) is 8.67. The van der Waals surface area contributed by atoms with E-state index in [4.69, 9.17) is 21.4 Å². The first kappa shape index (κ1) is 24.1. The van der Waals surface area contributed by atoms with Gasteiger partial charge in [0.05, 0.1) is 11.9 Å². The van der Waals surface area contributed by atoms with E-state index in [2.05, 4.69) is 25.8 Å². The summed E-state index contributed by atoms with van der Waals surface area (Å²) in [6.45, 7) is 1.01. The molecule has 3 aromatic heterocycles. The quantitative estimate of drug-likeness (QED) is 0.333. The highest BCUT2D eigenvalue weighted by Crippen LogP contribution is 2.17. The van der Waals surface area contributed by atoms with Crippen LogP contribution in [0.2, 0.25) is 0 Å². The summed E-state index contributed by atoms with van der Waals surface area (Å²) in [6.07, 6.45) is -0.521. The third kappa shape index (κ3) is 5.91. The molecule has 3 heterocycles. The fraction of sp³-hybridized carbons (Fsp3) is 0.250. The van der Waals surface area contributed by atoms with Gasteiger partial charge in [-0.05, 0) is 6.07 Å². The normalized spacial score (nSPS) is 10.9. The first-order chi connectivity index (χ1) is 14.9. The van der Waals surface area contributed by atoms with Crippen LogP contribution in [0.4, 0.5) is 24.7 Å². The zero-order valence-corrected chi connectivity index (χ0v) is 16.4. The van der Waals surface area contributed by atoms with E-state index >= 15 is 0 Å². The molecular formula is C16H18F3N9O4. The van der Waals surface area contributed by atoms with Crippen molar-refractivity contribution in [1.29, 1.82) is 0 Å². The highest BCUT2D eigenvalue weighted by molar-refractivity contribution is 6.10. The van der Waals surface area contributed by atoms with E-state index in [0.29, 0.717) is 24.6 Å². The summed E-state index contributed by atoms with van der Waals surface area (Å²) < 4.78 is 34.6. The molecule has 7 N–H and O–H groups in total. The van der Waals surface area contributed by atoms with E-state index in [1.165, 1.54) is 21.6 Å². The Bertz CT molecular complexity index is 1140. The Balaban J connectivity index is 0.000000451. The maximum absolute atomic E-state index is 12.6. The minimum absolute atomic E-state index is 0.0226. The SMILES string of the molecule is Cn1cc(NC(=O)c2cnn3ccc(NCCN)nc23)c(C(N)=O)n1.O=C(O)C(F)(F)F. The third-order valence-electron chi connectivity index (χ3n) is 3.62. The molecule has 32 heavy (non-hydrogen) atoms. The van der Waals surface area contributed by atoms with E-state index < -0.39 is 24.0 Å². The van der Waals surface area contributed by atoms with Crippen molar-refractivity contribution in [2.75, 3.05) is 23.7 Å². The lowest BCUT2D eigenvalue weighted by molar-refractivity contribution is -0.192. The van der Waals surface area contributed by atoms with E-state index in [1.807, 2.05) is 0 Å². The lowest BCUT2D eigenvalue weighted by Crippen LogP contribution is -2.21. The van der Waals surface area contributed by atoms with Gasteiger partial charge in [0.2, 0.25) is 0 Å². The number of aliphatic carboxylic acids is 1. The van der Waals surface area contributed by atoms with Crippen molar-refractivity contribution < 1.29 is 32.7 Å². The van der Waals surface area contributed by atoms with Crippen LogP contribution in [0.1, 0.15) is 20.8 Å². The second-order valence-electron chi connectivity index (χ2n) is 6.04. The lowest BCUT2D eigenvalue weighted by Gasteiger charge is -2.05. The van der Waals surface area contributed by atoms with E-state index in [-0.39, 0.29) is 16.9 Å². The second kappa shape index (κ2) is 9.73. The van der Waals surface area contributed by atoms with Gasteiger partial charge in [-0.25, -0.2) is 14.3 Å². The number of carbonyl (C=O) groups is 3. The summed E-state index contributed by atoms with van der Waals surface area (Å²) in [5.74, 6) is -3.39. The number of hydrogen-bond donors (Lipinski definition) is 5. The molecule has 172 valence electrons. The van der Waals surface area contributed by atoms with Crippen LogP contribution < -0.4 is 22.1 Å². The molecule has 0 spiro atoms. The predicted octanol–water partition coefficient (Wildman–Crippen LogP) is -0.182. The highest BCUT2D eigenvalue weighted by Gasteiger charge is 2.38. The zero-order valence-electron chi connectivity index (χ0n) is 16.4. The van der Waals surface area contributed by atoms with Gasteiger partial charge >= 0.3 is 12.1 Å². The second-order valence-corrected chi connectivity index (χ2v) is 6.04. The van der Waals surface area contributed by atoms with Crippen molar-refractivity contribution >= 4 is 34.9 Å². The molecule has 13 nitrogen and oxygen atoms in total. The number of hydrogen-bond acceptors (Lipinski definition) is 8. The average molecular weight is 457 g/mol. The molecule has 0 atom stereocenters. The largest absolute Gasteiger partial charge is 0.490 e. The number of carboxylic acid groups (broad SMARTS) is 1. The third-order valence-corrected chi connectivity index (χ3v) is 3.62. The van der Waals surface area contributed by atoms with Crippen LogP contribution in [-0.2, 0) is 11.8 Å². The van der Waals surface area contributed by atoms with Crippen LogP contribution in [0.15, 0.2) is 24.7 Å². The number of halogens is 3. The Kier molecular flexibility index (Phi) is 7.32. The number of fused-ring (bicyclic) bond motifs is 1. The number of primary amides is 1. The molecule has 0 aliphatic carbocycles. The Labute approximate surface area is 177 Å². The number of anilines is 2. The van der Waals surface area contributed by atoms with Gasteiger partial charge in [0.25, 0.3) is 11.8 Å². The maximum Gasteiger partial charge on any atom is 0.490 e. The van der Waals surface area contributed by atoms with Crippen LogP contribution in [0.3, 0.4) is 0 Å². The topological polar surface area (TPSA) is 196 Å². The molecule has 0 radical (unpaired) electrons. The van der Waals surface area contributed by atoms with Crippen LogP contribution >= 0.6 is 0 Å².